The number of hydrogen-bond acceptors (Lipinski definition) is 1. The van der Waals surface area contributed by atoms with Crippen molar-refractivity contribution in [1.29, 1.82) is 0 Å². The molecule has 0 amide bonds. The van der Waals surface area contributed by atoms with Gasteiger partial charge in [0.15, 0.2) is 0 Å². The average Bonchev–Trinajstić information content (AvgIpc) is 3.19. The fraction of sp³-hybridized carbons (Fsp3) is 0.400. The molecule has 94 valence electrons. The Bertz CT molecular complexity index is 555. The maximum absolute atomic E-state index is 6.43. The summed E-state index contributed by atoms with van der Waals surface area (Å²) >= 11 is 6.43. The third-order valence-corrected chi connectivity index (χ3v) is 4.27. The number of hydrogen-bond donors (Lipinski definition) is 0. The maximum atomic E-state index is 6.43. The lowest BCUT2D eigenvalue weighted by Crippen LogP contribution is -2.09. The first kappa shape index (κ1) is 11.8. The van der Waals surface area contributed by atoms with Crippen LogP contribution < -0.4 is 0 Å². The highest BCUT2D eigenvalue weighted by Gasteiger charge is 2.31. The summed E-state index contributed by atoms with van der Waals surface area (Å²) in [6, 6.07) is 10.7. The van der Waals surface area contributed by atoms with E-state index in [1.54, 1.807) is 0 Å². The first-order chi connectivity index (χ1) is 8.68. The Balaban J connectivity index is 2.04. The third-order valence-electron chi connectivity index (χ3n) is 3.81. The molecule has 1 heterocycles. The van der Waals surface area contributed by atoms with Crippen molar-refractivity contribution in [2.75, 3.05) is 0 Å². The number of aromatic nitrogens is 2. The van der Waals surface area contributed by atoms with Crippen molar-refractivity contribution < 1.29 is 0 Å². The van der Waals surface area contributed by atoms with Crippen LogP contribution in [-0.2, 0) is 0 Å². The van der Waals surface area contributed by atoms with Gasteiger partial charge in [-0.15, -0.1) is 0 Å². The Morgan fingerprint density at radius 3 is 2.56 bits per heavy atom. The quantitative estimate of drug-likeness (QED) is 0.795. The van der Waals surface area contributed by atoms with Crippen LogP contribution >= 0.6 is 11.6 Å². The molecule has 1 unspecified atom stereocenters. The maximum Gasteiger partial charge on any atom is 0.130 e. The molecular weight excluding hydrogens is 244 g/mol. The van der Waals surface area contributed by atoms with Crippen molar-refractivity contribution in [2.45, 2.75) is 32.7 Å². The second kappa shape index (κ2) is 4.43. The number of nitrogens with zero attached hydrogens (tertiary/aromatic N) is 2. The molecule has 1 atom stereocenters. The molecule has 1 aromatic heterocycles. The molecule has 2 aromatic rings. The van der Waals surface area contributed by atoms with E-state index >= 15 is 0 Å². The first-order valence-electron chi connectivity index (χ1n) is 6.48. The van der Waals surface area contributed by atoms with Gasteiger partial charge in [-0.1, -0.05) is 41.9 Å². The van der Waals surface area contributed by atoms with E-state index in [9.17, 15) is 0 Å². The molecule has 0 N–H and O–H groups in total. The topological polar surface area (TPSA) is 17.8 Å². The van der Waals surface area contributed by atoms with E-state index in [0.717, 1.165) is 27.9 Å². The summed E-state index contributed by atoms with van der Waals surface area (Å²) in [4.78, 5) is 0. The summed E-state index contributed by atoms with van der Waals surface area (Å²) in [6.45, 7) is 4.26. The van der Waals surface area contributed by atoms with Crippen LogP contribution in [0.25, 0.3) is 11.3 Å². The van der Waals surface area contributed by atoms with Crippen molar-refractivity contribution in [3.63, 3.8) is 0 Å². The number of benzene rings is 1. The van der Waals surface area contributed by atoms with Gasteiger partial charge in [-0.05, 0) is 32.6 Å². The van der Waals surface area contributed by atoms with Gasteiger partial charge in [-0.2, -0.15) is 5.10 Å². The van der Waals surface area contributed by atoms with Crippen LogP contribution in [0, 0.1) is 12.8 Å². The summed E-state index contributed by atoms with van der Waals surface area (Å²) in [6.07, 6.45) is 2.61. The van der Waals surface area contributed by atoms with E-state index in [1.807, 2.05) is 29.8 Å². The van der Waals surface area contributed by atoms with E-state index in [2.05, 4.69) is 19.1 Å². The van der Waals surface area contributed by atoms with Crippen LogP contribution in [0.5, 0.6) is 0 Å². The van der Waals surface area contributed by atoms with Crippen LogP contribution in [0.1, 0.15) is 31.4 Å². The fourth-order valence-corrected chi connectivity index (χ4v) is 2.70. The standard InChI is InChI=1S/C15H17ClN2/c1-10-14(13-6-4-3-5-7-13)17-18(15(10)16)11(2)12-8-9-12/h3-7,11-12H,8-9H2,1-2H3. The lowest BCUT2D eigenvalue weighted by Gasteiger charge is -2.11. The highest BCUT2D eigenvalue weighted by Crippen LogP contribution is 2.41. The van der Waals surface area contributed by atoms with Gasteiger partial charge >= 0.3 is 0 Å². The van der Waals surface area contributed by atoms with Gasteiger partial charge in [-0.3, -0.25) is 4.68 Å². The lowest BCUT2D eigenvalue weighted by atomic mass is 10.1. The fourth-order valence-electron chi connectivity index (χ4n) is 2.41. The zero-order chi connectivity index (χ0) is 12.7. The zero-order valence-electron chi connectivity index (χ0n) is 10.7. The second-order valence-electron chi connectivity index (χ2n) is 5.15. The molecule has 0 saturated heterocycles. The molecule has 0 bridgehead atoms. The summed E-state index contributed by atoms with van der Waals surface area (Å²) in [5.41, 5.74) is 3.22. The highest BCUT2D eigenvalue weighted by molar-refractivity contribution is 6.30. The van der Waals surface area contributed by atoms with E-state index < -0.39 is 0 Å². The van der Waals surface area contributed by atoms with E-state index in [-0.39, 0.29) is 0 Å². The van der Waals surface area contributed by atoms with Crippen LogP contribution in [0.4, 0.5) is 0 Å². The zero-order valence-corrected chi connectivity index (χ0v) is 11.5. The van der Waals surface area contributed by atoms with Crippen LogP contribution in [0.15, 0.2) is 30.3 Å². The van der Waals surface area contributed by atoms with Crippen molar-refractivity contribution in [3.05, 3.63) is 41.0 Å². The summed E-state index contributed by atoms with van der Waals surface area (Å²) in [5, 5.41) is 5.51. The molecule has 1 aliphatic carbocycles. The Morgan fingerprint density at radius 1 is 1.28 bits per heavy atom. The van der Waals surface area contributed by atoms with Gasteiger partial charge in [0.25, 0.3) is 0 Å². The molecule has 18 heavy (non-hydrogen) atoms. The van der Waals surface area contributed by atoms with Crippen LogP contribution in [0.3, 0.4) is 0 Å². The normalized spacial score (nSPS) is 16.8. The summed E-state index contributed by atoms with van der Waals surface area (Å²) in [7, 11) is 0. The molecule has 0 radical (unpaired) electrons. The van der Waals surface area contributed by atoms with Crippen LogP contribution in [-0.4, -0.2) is 9.78 Å². The van der Waals surface area contributed by atoms with Gasteiger partial charge in [0.05, 0.1) is 11.7 Å². The van der Waals surface area contributed by atoms with Crippen molar-refractivity contribution in [3.8, 4) is 11.3 Å². The predicted octanol–water partition coefficient (Wildman–Crippen LogP) is 4.48. The predicted molar refractivity (Wildman–Crippen MR) is 74.8 cm³/mol. The van der Waals surface area contributed by atoms with Gasteiger partial charge in [-0.25, -0.2) is 0 Å². The molecule has 0 aliphatic heterocycles. The monoisotopic (exact) mass is 260 g/mol. The Hall–Kier alpha value is -1.28. The Morgan fingerprint density at radius 2 is 1.94 bits per heavy atom. The Labute approximate surface area is 113 Å². The molecule has 1 aliphatic rings. The van der Waals surface area contributed by atoms with Gasteiger partial charge in [0, 0.05) is 11.1 Å². The SMILES string of the molecule is Cc1c(-c2ccccc2)nn(C(C)C2CC2)c1Cl. The van der Waals surface area contributed by atoms with Crippen molar-refractivity contribution >= 4 is 11.6 Å². The van der Waals surface area contributed by atoms with E-state index in [4.69, 9.17) is 16.7 Å². The van der Waals surface area contributed by atoms with E-state index in [1.165, 1.54) is 12.8 Å². The molecule has 2 nitrogen and oxygen atoms in total. The molecule has 3 heteroatoms. The van der Waals surface area contributed by atoms with Gasteiger partial charge < -0.3 is 0 Å². The van der Waals surface area contributed by atoms with Crippen molar-refractivity contribution in [1.82, 2.24) is 9.78 Å². The average molecular weight is 261 g/mol. The number of halogens is 1. The number of rotatable bonds is 3. The van der Waals surface area contributed by atoms with Crippen LogP contribution in [0.2, 0.25) is 5.15 Å². The highest BCUT2D eigenvalue weighted by atomic mass is 35.5. The van der Waals surface area contributed by atoms with Crippen molar-refractivity contribution in [2.24, 2.45) is 5.92 Å². The lowest BCUT2D eigenvalue weighted by molar-refractivity contribution is 0.441. The minimum absolute atomic E-state index is 0.411. The summed E-state index contributed by atoms with van der Waals surface area (Å²) in [5.74, 6) is 0.755. The molecule has 0 spiro atoms. The smallest absolute Gasteiger partial charge is 0.130 e. The minimum Gasteiger partial charge on any atom is -0.250 e. The van der Waals surface area contributed by atoms with Gasteiger partial charge in [0.1, 0.15) is 5.15 Å². The third kappa shape index (κ3) is 1.95. The minimum atomic E-state index is 0.411. The van der Waals surface area contributed by atoms with Gasteiger partial charge in [0.2, 0.25) is 0 Å². The second-order valence-corrected chi connectivity index (χ2v) is 5.51. The molecular formula is C15H17ClN2. The molecule has 1 saturated carbocycles. The summed E-state index contributed by atoms with van der Waals surface area (Å²) < 4.78 is 2.00. The first-order valence-corrected chi connectivity index (χ1v) is 6.86. The van der Waals surface area contributed by atoms with E-state index in [0.29, 0.717) is 6.04 Å². The molecule has 1 fully saturated rings. The molecule has 3 rings (SSSR count). The molecule has 1 aromatic carbocycles. The largest absolute Gasteiger partial charge is 0.250 e. The Kier molecular flexibility index (Phi) is 2.90.